The van der Waals surface area contributed by atoms with E-state index in [1.807, 2.05) is 13.8 Å². The highest BCUT2D eigenvalue weighted by atomic mass is 19.1. The van der Waals surface area contributed by atoms with Crippen LogP contribution in [-0.4, -0.2) is 11.5 Å². The zero-order valence-electron chi connectivity index (χ0n) is 9.37. The van der Waals surface area contributed by atoms with Crippen LogP contribution in [0.4, 0.5) is 15.8 Å². The number of nitro groups is 1. The first-order chi connectivity index (χ1) is 7.54. The van der Waals surface area contributed by atoms with Crippen LogP contribution in [0.2, 0.25) is 0 Å². The summed E-state index contributed by atoms with van der Waals surface area (Å²) < 4.78 is 13.0. The van der Waals surface area contributed by atoms with Gasteiger partial charge in [-0.05, 0) is 12.0 Å². The fraction of sp³-hybridized carbons (Fsp3) is 0.455. The van der Waals surface area contributed by atoms with Gasteiger partial charge in [0.15, 0.2) is 0 Å². The van der Waals surface area contributed by atoms with Gasteiger partial charge in [0.1, 0.15) is 11.5 Å². The van der Waals surface area contributed by atoms with E-state index < -0.39 is 10.7 Å². The molecule has 0 spiro atoms. The Bertz CT molecular complexity index is 382. The minimum absolute atomic E-state index is 0.0929. The van der Waals surface area contributed by atoms with Crippen molar-refractivity contribution in [3.8, 4) is 0 Å². The van der Waals surface area contributed by atoms with Crippen LogP contribution in [0.15, 0.2) is 18.2 Å². The van der Waals surface area contributed by atoms with Crippen LogP contribution in [-0.2, 0) is 0 Å². The molecule has 0 aliphatic rings. The second kappa shape index (κ2) is 5.44. The summed E-state index contributed by atoms with van der Waals surface area (Å²) in [5.41, 5.74) is 0.148. The zero-order valence-corrected chi connectivity index (χ0v) is 9.37. The molecule has 1 N–H and O–H groups in total. The number of hydrogen-bond donors (Lipinski definition) is 1. The predicted octanol–water partition coefficient (Wildman–Crippen LogP) is 3.19. The van der Waals surface area contributed by atoms with Gasteiger partial charge < -0.3 is 5.32 Å². The molecule has 0 saturated carbocycles. The summed E-state index contributed by atoms with van der Waals surface area (Å²) in [6.45, 7) is 4.66. The lowest BCUT2D eigenvalue weighted by Gasteiger charge is -2.11. The van der Waals surface area contributed by atoms with E-state index >= 15 is 0 Å². The smallest absolute Gasteiger partial charge is 0.292 e. The van der Waals surface area contributed by atoms with Gasteiger partial charge in [-0.15, -0.1) is 0 Å². The highest BCUT2D eigenvalue weighted by Gasteiger charge is 2.14. The minimum atomic E-state index is -0.515. The molecule has 1 unspecified atom stereocenters. The van der Waals surface area contributed by atoms with Gasteiger partial charge in [0, 0.05) is 18.7 Å². The Morgan fingerprint density at radius 3 is 2.81 bits per heavy atom. The average Bonchev–Trinajstić information content (AvgIpc) is 2.25. The van der Waals surface area contributed by atoms with Crippen LogP contribution in [0, 0.1) is 21.8 Å². The molecule has 0 fully saturated rings. The molecule has 5 heteroatoms. The first kappa shape index (κ1) is 12.4. The molecule has 0 aliphatic carbocycles. The van der Waals surface area contributed by atoms with Crippen molar-refractivity contribution in [2.75, 3.05) is 11.9 Å². The number of hydrogen-bond acceptors (Lipinski definition) is 3. The van der Waals surface area contributed by atoms with Crippen molar-refractivity contribution in [2.24, 2.45) is 5.92 Å². The maximum atomic E-state index is 13.0. The van der Waals surface area contributed by atoms with Crippen LogP contribution in [0.5, 0.6) is 0 Å². The van der Waals surface area contributed by atoms with E-state index in [2.05, 4.69) is 5.32 Å². The highest BCUT2D eigenvalue weighted by Crippen LogP contribution is 2.25. The Morgan fingerprint density at radius 1 is 1.56 bits per heavy atom. The Hall–Kier alpha value is -1.65. The van der Waals surface area contributed by atoms with E-state index in [-0.39, 0.29) is 11.4 Å². The molecule has 0 bridgehead atoms. The molecule has 0 aliphatic heterocycles. The number of nitrogens with zero attached hydrogens (tertiary/aromatic N) is 1. The molecule has 16 heavy (non-hydrogen) atoms. The van der Waals surface area contributed by atoms with Gasteiger partial charge in [-0.1, -0.05) is 20.3 Å². The van der Waals surface area contributed by atoms with Gasteiger partial charge in [-0.25, -0.2) is 4.39 Å². The monoisotopic (exact) mass is 226 g/mol. The standard InChI is InChI=1S/C11H15FN2O2/c1-3-8(2)7-13-10-6-9(12)4-5-11(10)14(15)16/h4-6,8,13H,3,7H2,1-2H3. The molecule has 0 amide bonds. The lowest BCUT2D eigenvalue weighted by Crippen LogP contribution is -2.11. The van der Waals surface area contributed by atoms with E-state index in [1.165, 1.54) is 6.07 Å². The molecular weight excluding hydrogens is 211 g/mol. The molecule has 0 saturated heterocycles. The van der Waals surface area contributed by atoms with Crippen LogP contribution < -0.4 is 5.32 Å². The Kier molecular flexibility index (Phi) is 4.22. The number of benzene rings is 1. The van der Waals surface area contributed by atoms with Crippen LogP contribution >= 0.6 is 0 Å². The van der Waals surface area contributed by atoms with Gasteiger partial charge in [0.2, 0.25) is 0 Å². The summed E-state index contributed by atoms with van der Waals surface area (Å²) in [7, 11) is 0. The van der Waals surface area contributed by atoms with Crippen molar-refractivity contribution >= 4 is 11.4 Å². The minimum Gasteiger partial charge on any atom is -0.379 e. The van der Waals surface area contributed by atoms with Crippen LogP contribution in [0.3, 0.4) is 0 Å². The van der Waals surface area contributed by atoms with E-state index in [4.69, 9.17) is 0 Å². The molecule has 1 aromatic carbocycles. The number of nitrogens with one attached hydrogen (secondary N) is 1. The summed E-state index contributed by atoms with van der Waals surface area (Å²) in [6, 6.07) is 3.42. The molecular formula is C11H15FN2O2. The third-order valence-corrected chi connectivity index (χ3v) is 2.49. The van der Waals surface area contributed by atoms with Crippen molar-refractivity contribution in [3.05, 3.63) is 34.1 Å². The number of rotatable bonds is 5. The van der Waals surface area contributed by atoms with Gasteiger partial charge in [-0.3, -0.25) is 10.1 Å². The summed E-state index contributed by atoms with van der Waals surface area (Å²) >= 11 is 0. The van der Waals surface area contributed by atoms with E-state index in [9.17, 15) is 14.5 Å². The van der Waals surface area contributed by atoms with E-state index in [0.717, 1.165) is 18.6 Å². The Morgan fingerprint density at radius 2 is 2.25 bits per heavy atom. The molecule has 1 aromatic rings. The van der Waals surface area contributed by atoms with Crippen LogP contribution in [0.25, 0.3) is 0 Å². The average molecular weight is 226 g/mol. The summed E-state index contributed by atoms with van der Waals surface area (Å²) in [5.74, 6) is -0.0832. The topological polar surface area (TPSA) is 55.2 Å². The number of nitro benzene ring substituents is 1. The molecule has 0 heterocycles. The van der Waals surface area contributed by atoms with Crippen molar-refractivity contribution in [2.45, 2.75) is 20.3 Å². The molecule has 4 nitrogen and oxygen atoms in total. The van der Waals surface area contributed by atoms with Crippen molar-refractivity contribution in [3.63, 3.8) is 0 Å². The summed E-state index contributed by atoms with van der Waals surface area (Å²) in [6.07, 6.45) is 0.968. The summed E-state index contributed by atoms with van der Waals surface area (Å²) in [4.78, 5) is 10.2. The van der Waals surface area contributed by atoms with E-state index in [0.29, 0.717) is 12.5 Å². The maximum Gasteiger partial charge on any atom is 0.292 e. The maximum absolute atomic E-state index is 13.0. The molecule has 1 atom stereocenters. The molecule has 0 aromatic heterocycles. The van der Waals surface area contributed by atoms with Gasteiger partial charge in [-0.2, -0.15) is 0 Å². The predicted molar refractivity (Wildman–Crippen MR) is 61.0 cm³/mol. The third kappa shape index (κ3) is 3.18. The van der Waals surface area contributed by atoms with Crippen molar-refractivity contribution in [1.82, 2.24) is 0 Å². The zero-order chi connectivity index (χ0) is 12.1. The van der Waals surface area contributed by atoms with Gasteiger partial charge >= 0.3 is 0 Å². The number of halogens is 1. The first-order valence-electron chi connectivity index (χ1n) is 5.22. The first-order valence-corrected chi connectivity index (χ1v) is 5.22. The fourth-order valence-corrected chi connectivity index (χ4v) is 1.24. The van der Waals surface area contributed by atoms with Crippen molar-refractivity contribution in [1.29, 1.82) is 0 Å². The molecule has 1 rings (SSSR count). The quantitative estimate of drug-likeness (QED) is 0.619. The van der Waals surface area contributed by atoms with E-state index in [1.54, 1.807) is 0 Å². The van der Waals surface area contributed by atoms with Crippen molar-refractivity contribution < 1.29 is 9.31 Å². The normalized spacial score (nSPS) is 12.2. The lowest BCUT2D eigenvalue weighted by molar-refractivity contribution is -0.384. The molecule has 88 valence electrons. The lowest BCUT2D eigenvalue weighted by atomic mass is 10.1. The second-order valence-electron chi connectivity index (χ2n) is 3.81. The largest absolute Gasteiger partial charge is 0.379 e. The Balaban J connectivity index is 2.84. The fourth-order valence-electron chi connectivity index (χ4n) is 1.24. The Labute approximate surface area is 93.6 Å². The van der Waals surface area contributed by atoms with Gasteiger partial charge in [0.05, 0.1) is 4.92 Å². The third-order valence-electron chi connectivity index (χ3n) is 2.49. The van der Waals surface area contributed by atoms with Gasteiger partial charge in [0.25, 0.3) is 5.69 Å². The highest BCUT2D eigenvalue weighted by molar-refractivity contribution is 5.61. The van der Waals surface area contributed by atoms with Crippen LogP contribution in [0.1, 0.15) is 20.3 Å². The SMILES string of the molecule is CCC(C)CNc1cc(F)ccc1[N+](=O)[O-]. The second-order valence-corrected chi connectivity index (χ2v) is 3.81. The number of anilines is 1. The molecule has 0 radical (unpaired) electrons. The summed E-state index contributed by atoms with van der Waals surface area (Å²) in [5, 5.41) is 13.6.